The molecule has 1 aliphatic carbocycles. The second kappa shape index (κ2) is 4.77. The molecule has 0 aliphatic heterocycles. The Morgan fingerprint density at radius 1 is 1.11 bits per heavy atom. The van der Waals surface area contributed by atoms with E-state index in [9.17, 15) is 4.79 Å². The standard InChI is InChI=1S/C18H26O/c1-11(19)10-16-13(3)12(2)14(4)17-15(16)8-7-9-18(17,5)6/h7-10H2,1-6H3. The largest absolute Gasteiger partial charge is 0.300 e. The van der Waals surface area contributed by atoms with Crippen molar-refractivity contribution in [3.05, 3.63) is 33.4 Å². The number of hydrogen-bond acceptors (Lipinski definition) is 1. The van der Waals surface area contributed by atoms with E-state index in [1.165, 1.54) is 46.2 Å². The molecule has 0 fully saturated rings. The zero-order valence-electron chi connectivity index (χ0n) is 13.2. The maximum absolute atomic E-state index is 11.6. The Kier molecular flexibility index (Phi) is 3.59. The third kappa shape index (κ3) is 2.35. The summed E-state index contributed by atoms with van der Waals surface area (Å²) in [6.07, 6.45) is 4.24. The molecule has 0 saturated carbocycles. The molecule has 0 radical (unpaired) electrons. The van der Waals surface area contributed by atoms with E-state index < -0.39 is 0 Å². The summed E-state index contributed by atoms with van der Waals surface area (Å²) >= 11 is 0. The van der Waals surface area contributed by atoms with Gasteiger partial charge in [0.2, 0.25) is 0 Å². The van der Waals surface area contributed by atoms with E-state index in [1.807, 2.05) is 0 Å². The zero-order chi connectivity index (χ0) is 14.4. The quantitative estimate of drug-likeness (QED) is 0.770. The lowest BCUT2D eigenvalue weighted by Gasteiger charge is -2.37. The first kappa shape index (κ1) is 14.3. The molecule has 0 heterocycles. The molecule has 1 aromatic rings. The molecule has 1 heteroatoms. The van der Waals surface area contributed by atoms with Crippen LogP contribution in [-0.4, -0.2) is 5.78 Å². The lowest BCUT2D eigenvalue weighted by molar-refractivity contribution is -0.116. The molecule has 0 spiro atoms. The van der Waals surface area contributed by atoms with Gasteiger partial charge in [0.05, 0.1) is 0 Å². The second-order valence-corrected chi connectivity index (χ2v) is 6.82. The molecule has 0 N–H and O–H groups in total. The first-order valence-corrected chi connectivity index (χ1v) is 7.37. The predicted molar refractivity (Wildman–Crippen MR) is 81.0 cm³/mol. The topological polar surface area (TPSA) is 17.1 Å². The van der Waals surface area contributed by atoms with Crippen LogP contribution in [0.25, 0.3) is 0 Å². The molecule has 1 aromatic carbocycles. The van der Waals surface area contributed by atoms with Gasteiger partial charge in [-0.15, -0.1) is 0 Å². The molecule has 0 bridgehead atoms. The molecular formula is C18H26O. The van der Waals surface area contributed by atoms with Crippen molar-refractivity contribution in [3.8, 4) is 0 Å². The summed E-state index contributed by atoms with van der Waals surface area (Å²) in [6.45, 7) is 13.1. The van der Waals surface area contributed by atoms with Crippen LogP contribution in [0.4, 0.5) is 0 Å². The minimum absolute atomic E-state index is 0.252. The highest BCUT2D eigenvalue weighted by molar-refractivity contribution is 5.79. The van der Waals surface area contributed by atoms with Crippen molar-refractivity contribution >= 4 is 5.78 Å². The van der Waals surface area contributed by atoms with Crippen LogP contribution >= 0.6 is 0 Å². The molecule has 1 aliphatic rings. The summed E-state index contributed by atoms with van der Waals surface area (Å²) < 4.78 is 0. The van der Waals surface area contributed by atoms with Crippen molar-refractivity contribution in [2.75, 3.05) is 0 Å². The average molecular weight is 258 g/mol. The van der Waals surface area contributed by atoms with Gasteiger partial charge < -0.3 is 0 Å². The second-order valence-electron chi connectivity index (χ2n) is 6.82. The summed E-state index contributed by atoms with van der Waals surface area (Å²) in [7, 11) is 0. The Bertz CT molecular complexity index is 535. The molecule has 0 atom stereocenters. The fourth-order valence-electron chi connectivity index (χ4n) is 3.81. The van der Waals surface area contributed by atoms with Gasteiger partial charge >= 0.3 is 0 Å². The highest BCUT2D eigenvalue weighted by Gasteiger charge is 2.32. The van der Waals surface area contributed by atoms with Crippen LogP contribution in [0, 0.1) is 20.8 Å². The van der Waals surface area contributed by atoms with E-state index in [0.717, 1.165) is 6.42 Å². The van der Waals surface area contributed by atoms with Gasteiger partial charge in [0.25, 0.3) is 0 Å². The van der Waals surface area contributed by atoms with Crippen LogP contribution in [0.2, 0.25) is 0 Å². The van der Waals surface area contributed by atoms with Crippen LogP contribution in [0.1, 0.15) is 67.0 Å². The van der Waals surface area contributed by atoms with E-state index in [0.29, 0.717) is 6.42 Å². The van der Waals surface area contributed by atoms with Crippen LogP contribution in [0.3, 0.4) is 0 Å². The minimum Gasteiger partial charge on any atom is -0.300 e. The van der Waals surface area contributed by atoms with Crippen LogP contribution < -0.4 is 0 Å². The molecule has 2 rings (SSSR count). The summed E-state index contributed by atoms with van der Waals surface area (Å²) in [5.74, 6) is 0.275. The lowest BCUT2D eigenvalue weighted by atomic mass is 9.68. The number of carbonyl (C=O) groups is 1. The molecule has 104 valence electrons. The van der Waals surface area contributed by atoms with E-state index in [-0.39, 0.29) is 11.2 Å². The maximum atomic E-state index is 11.6. The van der Waals surface area contributed by atoms with Crippen molar-refractivity contribution in [2.45, 2.75) is 72.6 Å². The van der Waals surface area contributed by atoms with Gasteiger partial charge in [-0.25, -0.2) is 0 Å². The van der Waals surface area contributed by atoms with Crippen molar-refractivity contribution in [2.24, 2.45) is 0 Å². The summed E-state index contributed by atoms with van der Waals surface area (Å²) in [5.41, 5.74) is 8.74. The van der Waals surface area contributed by atoms with Crippen LogP contribution in [0.15, 0.2) is 0 Å². The van der Waals surface area contributed by atoms with E-state index >= 15 is 0 Å². The Morgan fingerprint density at radius 2 is 1.74 bits per heavy atom. The Balaban J connectivity index is 2.76. The van der Waals surface area contributed by atoms with Gasteiger partial charge in [-0.05, 0) is 85.8 Å². The number of hydrogen-bond donors (Lipinski definition) is 0. The Morgan fingerprint density at radius 3 is 2.32 bits per heavy atom. The monoisotopic (exact) mass is 258 g/mol. The van der Waals surface area contributed by atoms with Gasteiger partial charge in [0.1, 0.15) is 5.78 Å². The van der Waals surface area contributed by atoms with Crippen LogP contribution in [0.5, 0.6) is 0 Å². The third-order valence-corrected chi connectivity index (χ3v) is 4.95. The van der Waals surface area contributed by atoms with E-state index in [2.05, 4.69) is 34.6 Å². The summed E-state index contributed by atoms with van der Waals surface area (Å²) in [4.78, 5) is 11.6. The van der Waals surface area contributed by atoms with Gasteiger partial charge in [0, 0.05) is 6.42 Å². The first-order valence-electron chi connectivity index (χ1n) is 7.37. The number of fused-ring (bicyclic) bond motifs is 1. The number of benzene rings is 1. The molecule has 0 saturated heterocycles. The van der Waals surface area contributed by atoms with Gasteiger partial charge in [-0.3, -0.25) is 4.79 Å². The Hall–Kier alpha value is -1.11. The smallest absolute Gasteiger partial charge is 0.134 e. The fraction of sp³-hybridized carbons (Fsp3) is 0.611. The Labute approximate surface area is 117 Å². The zero-order valence-corrected chi connectivity index (χ0v) is 13.2. The number of ketones is 1. The highest BCUT2D eigenvalue weighted by atomic mass is 16.1. The normalized spacial score (nSPS) is 17.2. The molecule has 1 nitrogen and oxygen atoms in total. The molecule has 19 heavy (non-hydrogen) atoms. The van der Waals surface area contributed by atoms with Crippen molar-refractivity contribution < 1.29 is 4.79 Å². The highest BCUT2D eigenvalue weighted by Crippen LogP contribution is 2.42. The van der Waals surface area contributed by atoms with Crippen LogP contribution in [-0.2, 0) is 23.1 Å². The van der Waals surface area contributed by atoms with Gasteiger partial charge in [0.15, 0.2) is 0 Å². The summed E-state index contributed by atoms with van der Waals surface area (Å²) in [6, 6.07) is 0. The SMILES string of the molecule is CC(=O)Cc1c(C)c(C)c(C)c2c1CCCC2(C)C. The molecule has 0 unspecified atom stereocenters. The molecule has 0 amide bonds. The van der Waals surface area contributed by atoms with Gasteiger partial charge in [-0.2, -0.15) is 0 Å². The molecule has 0 aromatic heterocycles. The summed E-state index contributed by atoms with van der Waals surface area (Å²) in [5, 5.41) is 0. The third-order valence-electron chi connectivity index (χ3n) is 4.95. The number of Topliss-reactive ketones (excluding diaryl/α,β-unsaturated/α-hetero) is 1. The number of rotatable bonds is 2. The minimum atomic E-state index is 0.252. The molecular weight excluding hydrogens is 232 g/mol. The van der Waals surface area contributed by atoms with Crippen molar-refractivity contribution in [1.29, 1.82) is 0 Å². The van der Waals surface area contributed by atoms with E-state index in [4.69, 9.17) is 0 Å². The number of carbonyl (C=O) groups excluding carboxylic acids is 1. The lowest BCUT2D eigenvalue weighted by Crippen LogP contribution is -2.27. The van der Waals surface area contributed by atoms with E-state index in [1.54, 1.807) is 6.92 Å². The predicted octanol–water partition coefficient (Wildman–Crippen LogP) is 4.36. The fourth-order valence-corrected chi connectivity index (χ4v) is 3.81. The first-order chi connectivity index (χ1) is 8.75. The maximum Gasteiger partial charge on any atom is 0.134 e. The van der Waals surface area contributed by atoms with Crippen molar-refractivity contribution in [1.82, 2.24) is 0 Å². The average Bonchev–Trinajstić information content (AvgIpc) is 2.30. The van der Waals surface area contributed by atoms with Gasteiger partial charge in [-0.1, -0.05) is 13.8 Å². The van der Waals surface area contributed by atoms with Crippen molar-refractivity contribution in [3.63, 3.8) is 0 Å².